The van der Waals surface area contributed by atoms with Crippen molar-refractivity contribution in [3.05, 3.63) is 34.3 Å². The maximum Gasteiger partial charge on any atom is 0.330 e. The molecule has 70 valence electrons. The van der Waals surface area contributed by atoms with Crippen LogP contribution in [-0.4, -0.2) is 5.78 Å². The molecule has 0 aliphatic heterocycles. The maximum atomic E-state index is 13.0. The zero-order valence-corrected chi connectivity index (χ0v) is 8.44. The van der Waals surface area contributed by atoms with Crippen LogP contribution < -0.4 is 0 Å². The van der Waals surface area contributed by atoms with Gasteiger partial charge >= 0.3 is 5.92 Å². The highest BCUT2D eigenvalue weighted by Gasteiger charge is 2.36. The van der Waals surface area contributed by atoms with E-state index in [9.17, 15) is 13.6 Å². The number of alkyl halides is 2. The second-order valence-electron chi connectivity index (χ2n) is 2.64. The predicted octanol–water partition coefficient (Wildman–Crippen LogP) is 3.13. The highest BCUT2D eigenvalue weighted by molar-refractivity contribution is 9.10. The van der Waals surface area contributed by atoms with E-state index < -0.39 is 11.7 Å². The number of carbonyl (C=O) groups excluding carboxylic acids is 1. The van der Waals surface area contributed by atoms with E-state index in [-0.39, 0.29) is 5.56 Å². The summed E-state index contributed by atoms with van der Waals surface area (Å²) in [6, 6.07) is 5.41. The molecule has 1 aromatic carbocycles. The summed E-state index contributed by atoms with van der Waals surface area (Å²) in [4.78, 5) is 10.6. The van der Waals surface area contributed by atoms with Crippen LogP contribution in [0.1, 0.15) is 12.5 Å². The standard InChI is InChI=1S/C9H7BrF2O/c1-6(13)9(11,12)7-2-4-8(10)5-3-7/h2-5H,1H3. The Morgan fingerprint density at radius 3 is 2.15 bits per heavy atom. The van der Waals surface area contributed by atoms with Crippen LogP contribution in [-0.2, 0) is 10.7 Å². The molecule has 0 spiro atoms. The monoisotopic (exact) mass is 248 g/mol. The third-order valence-corrected chi connectivity index (χ3v) is 2.18. The van der Waals surface area contributed by atoms with Crippen molar-refractivity contribution in [1.82, 2.24) is 0 Å². The third-order valence-electron chi connectivity index (χ3n) is 1.65. The predicted molar refractivity (Wildman–Crippen MR) is 48.7 cm³/mol. The first-order valence-electron chi connectivity index (χ1n) is 3.59. The van der Waals surface area contributed by atoms with Crippen LogP contribution in [0.4, 0.5) is 8.78 Å². The van der Waals surface area contributed by atoms with E-state index in [1.807, 2.05) is 0 Å². The van der Waals surface area contributed by atoms with Gasteiger partial charge in [0.05, 0.1) is 0 Å². The fourth-order valence-corrected chi connectivity index (χ4v) is 1.13. The molecule has 13 heavy (non-hydrogen) atoms. The normalized spacial score (nSPS) is 11.4. The fourth-order valence-electron chi connectivity index (χ4n) is 0.862. The van der Waals surface area contributed by atoms with E-state index in [2.05, 4.69) is 15.9 Å². The Bertz CT molecular complexity index is 319. The molecule has 0 aliphatic carbocycles. The second kappa shape index (κ2) is 3.54. The van der Waals surface area contributed by atoms with E-state index >= 15 is 0 Å². The van der Waals surface area contributed by atoms with Crippen LogP contribution in [0.2, 0.25) is 0 Å². The van der Waals surface area contributed by atoms with Gasteiger partial charge in [-0.3, -0.25) is 4.79 Å². The molecule has 0 radical (unpaired) electrons. The lowest BCUT2D eigenvalue weighted by Gasteiger charge is -2.12. The summed E-state index contributed by atoms with van der Waals surface area (Å²) in [5.41, 5.74) is -0.275. The van der Waals surface area contributed by atoms with Gasteiger partial charge in [0.25, 0.3) is 0 Å². The van der Waals surface area contributed by atoms with Crippen LogP contribution in [0.5, 0.6) is 0 Å². The molecule has 0 unspecified atom stereocenters. The van der Waals surface area contributed by atoms with Crippen LogP contribution in [0, 0.1) is 0 Å². The molecule has 0 amide bonds. The lowest BCUT2D eigenvalue weighted by atomic mass is 10.1. The minimum Gasteiger partial charge on any atom is -0.293 e. The summed E-state index contributed by atoms with van der Waals surface area (Å²) in [5, 5.41) is 0. The molecule has 0 N–H and O–H groups in total. The molecule has 0 aromatic heterocycles. The molecule has 0 bridgehead atoms. The Morgan fingerprint density at radius 2 is 1.77 bits per heavy atom. The van der Waals surface area contributed by atoms with E-state index in [1.165, 1.54) is 24.3 Å². The zero-order chi connectivity index (χ0) is 10.1. The summed E-state index contributed by atoms with van der Waals surface area (Å²) < 4.78 is 26.8. The van der Waals surface area contributed by atoms with Crippen molar-refractivity contribution in [2.75, 3.05) is 0 Å². The first-order chi connectivity index (χ1) is 5.94. The lowest BCUT2D eigenvalue weighted by Crippen LogP contribution is -2.22. The average Bonchev–Trinajstić information content (AvgIpc) is 2.04. The average molecular weight is 249 g/mol. The Kier molecular flexibility index (Phi) is 2.81. The van der Waals surface area contributed by atoms with Crippen LogP contribution in [0.25, 0.3) is 0 Å². The number of rotatable bonds is 2. The van der Waals surface area contributed by atoms with Crippen LogP contribution >= 0.6 is 15.9 Å². The minimum absolute atomic E-state index is 0.275. The molecule has 0 saturated carbocycles. The smallest absolute Gasteiger partial charge is 0.293 e. The van der Waals surface area contributed by atoms with Gasteiger partial charge in [0.1, 0.15) is 0 Å². The van der Waals surface area contributed by atoms with Crippen LogP contribution in [0.3, 0.4) is 0 Å². The first kappa shape index (κ1) is 10.3. The molecule has 1 rings (SSSR count). The van der Waals surface area contributed by atoms with Crippen molar-refractivity contribution in [3.8, 4) is 0 Å². The number of halogens is 3. The van der Waals surface area contributed by atoms with Crippen molar-refractivity contribution < 1.29 is 13.6 Å². The summed E-state index contributed by atoms with van der Waals surface area (Å²) in [6.45, 7) is 0.877. The van der Waals surface area contributed by atoms with Crippen molar-refractivity contribution in [2.45, 2.75) is 12.8 Å². The summed E-state index contributed by atoms with van der Waals surface area (Å²) in [7, 11) is 0. The van der Waals surface area contributed by atoms with Crippen LogP contribution in [0.15, 0.2) is 28.7 Å². The van der Waals surface area contributed by atoms with Gasteiger partial charge in [0.2, 0.25) is 5.78 Å². The molecule has 1 nitrogen and oxygen atoms in total. The summed E-state index contributed by atoms with van der Waals surface area (Å²) in [5.74, 6) is -4.52. The van der Waals surface area contributed by atoms with Gasteiger partial charge in [0, 0.05) is 17.0 Å². The van der Waals surface area contributed by atoms with Crippen molar-refractivity contribution in [2.24, 2.45) is 0 Å². The number of Topliss-reactive ketones (excluding diaryl/α,β-unsaturated/α-hetero) is 1. The van der Waals surface area contributed by atoms with Gasteiger partial charge in [0.15, 0.2) is 0 Å². The zero-order valence-electron chi connectivity index (χ0n) is 6.85. The third kappa shape index (κ3) is 2.12. The molecule has 1 aromatic rings. The number of hydrogen-bond acceptors (Lipinski definition) is 1. The largest absolute Gasteiger partial charge is 0.330 e. The molecule has 0 atom stereocenters. The SMILES string of the molecule is CC(=O)C(F)(F)c1ccc(Br)cc1. The molecule has 0 aliphatic rings. The maximum absolute atomic E-state index is 13.0. The Hall–Kier alpha value is -0.770. The van der Waals surface area contributed by atoms with E-state index in [1.54, 1.807) is 0 Å². The molecular weight excluding hydrogens is 242 g/mol. The van der Waals surface area contributed by atoms with Gasteiger partial charge in [-0.2, -0.15) is 8.78 Å². The molecule has 4 heteroatoms. The van der Waals surface area contributed by atoms with Gasteiger partial charge in [-0.1, -0.05) is 28.1 Å². The highest BCUT2D eigenvalue weighted by Crippen LogP contribution is 2.29. The van der Waals surface area contributed by atoms with Gasteiger partial charge in [-0.05, 0) is 12.1 Å². The van der Waals surface area contributed by atoms with Gasteiger partial charge in [-0.25, -0.2) is 0 Å². The van der Waals surface area contributed by atoms with Gasteiger partial charge in [-0.15, -0.1) is 0 Å². The number of ketones is 1. The quantitative estimate of drug-likeness (QED) is 0.786. The second-order valence-corrected chi connectivity index (χ2v) is 3.55. The van der Waals surface area contributed by atoms with Gasteiger partial charge < -0.3 is 0 Å². The van der Waals surface area contributed by atoms with E-state index in [0.29, 0.717) is 4.47 Å². The molecular formula is C9H7BrF2O. The fraction of sp³-hybridized carbons (Fsp3) is 0.222. The Balaban J connectivity index is 3.08. The summed E-state index contributed by atoms with van der Waals surface area (Å²) in [6.07, 6.45) is 0. The molecule has 0 heterocycles. The minimum atomic E-state index is -3.37. The Labute approximate surface area is 82.9 Å². The lowest BCUT2D eigenvalue weighted by molar-refractivity contribution is -0.141. The van der Waals surface area contributed by atoms with E-state index in [4.69, 9.17) is 0 Å². The number of hydrogen-bond donors (Lipinski definition) is 0. The number of benzene rings is 1. The summed E-state index contributed by atoms with van der Waals surface area (Å²) >= 11 is 3.12. The number of carbonyl (C=O) groups is 1. The topological polar surface area (TPSA) is 17.1 Å². The highest BCUT2D eigenvalue weighted by atomic mass is 79.9. The van der Waals surface area contributed by atoms with Crippen molar-refractivity contribution in [3.63, 3.8) is 0 Å². The van der Waals surface area contributed by atoms with Crippen molar-refractivity contribution in [1.29, 1.82) is 0 Å². The Morgan fingerprint density at radius 1 is 1.31 bits per heavy atom. The molecule has 0 fully saturated rings. The molecule has 0 saturated heterocycles. The van der Waals surface area contributed by atoms with E-state index in [0.717, 1.165) is 6.92 Å². The first-order valence-corrected chi connectivity index (χ1v) is 4.39. The van der Waals surface area contributed by atoms with Crippen molar-refractivity contribution >= 4 is 21.7 Å².